The van der Waals surface area contributed by atoms with E-state index >= 15 is 0 Å². The second-order valence-corrected chi connectivity index (χ2v) is 8.20. The molecule has 130 valence electrons. The summed E-state index contributed by atoms with van der Waals surface area (Å²) in [5.41, 5.74) is 0.446. The summed E-state index contributed by atoms with van der Waals surface area (Å²) in [6, 6.07) is 7.03. The number of amides is 1. The SMILES string of the molecule is O=C1N=C(NC2CC3C=CC2C3)SC1C(C(=O)O)c1ccccc1Cl. The van der Waals surface area contributed by atoms with E-state index < -0.39 is 23.0 Å². The summed E-state index contributed by atoms with van der Waals surface area (Å²) >= 11 is 7.36. The van der Waals surface area contributed by atoms with Crippen LogP contribution in [0.3, 0.4) is 0 Å². The van der Waals surface area contributed by atoms with Crippen LogP contribution in [0.25, 0.3) is 0 Å². The topological polar surface area (TPSA) is 78.8 Å². The van der Waals surface area contributed by atoms with Gasteiger partial charge in [-0.25, -0.2) is 0 Å². The Balaban J connectivity index is 1.51. The van der Waals surface area contributed by atoms with Crippen LogP contribution in [0.5, 0.6) is 0 Å². The van der Waals surface area contributed by atoms with Crippen molar-refractivity contribution in [2.45, 2.75) is 30.1 Å². The molecule has 0 aromatic heterocycles. The Morgan fingerprint density at radius 3 is 2.76 bits per heavy atom. The van der Waals surface area contributed by atoms with Crippen molar-refractivity contribution in [2.24, 2.45) is 16.8 Å². The molecule has 0 spiro atoms. The predicted molar refractivity (Wildman–Crippen MR) is 97.9 cm³/mol. The molecule has 25 heavy (non-hydrogen) atoms. The fourth-order valence-electron chi connectivity index (χ4n) is 3.90. The molecular weight excluding hydrogens is 360 g/mol. The molecule has 1 aromatic carbocycles. The molecule has 0 saturated heterocycles. The molecule has 5 atom stereocenters. The average molecular weight is 377 g/mol. The third-order valence-electron chi connectivity index (χ3n) is 5.09. The fourth-order valence-corrected chi connectivity index (χ4v) is 5.30. The zero-order chi connectivity index (χ0) is 17.6. The molecule has 0 radical (unpaired) electrons. The van der Waals surface area contributed by atoms with E-state index in [1.807, 2.05) is 0 Å². The van der Waals surface area contributed by atoms with Crippen LogP contribution in [0.4, 0.5) is 0 Å². The van der Waals surface area contributed by atoms with Crippen molar-refractivity contribution in [1.82, 2.24) is 5.32 Å². The highest BCUT2D eigenvalue weighted by Gasteiger charge is 2.43. The number of carboxylic acid groups (broad SMARTS) is 1. The third kappa shape index (κ3) is 3.09. The van der Waals surface area contributed by atoms with E-state index in [0.29, 0.717) is 27.6 Å². The van der Waals surface area contributed by atoms with Crippen molar-refractivity contribution >= 4 is 40.4 Å². The van der Waals surface area contributed by atoms with Crippen LogP contribution in [0.2, 0.25) is 5.02 Å². The number of carboxylic acids is 1. The van der Waals surface area contributed by atoms with E-state index in [1.54, 1.807) is 24.3 Å². The van der Waals surface area contributed by atoms with E-state index in [1.165, 1.54) is 11.8 Å². The van der Waals surface area contributed by atoms with Gasteiger partial charge >= 0.3 is 5.97 Å². The standard InChI is InChI=1S/C18H17ClN2O3S/c19-12-4-2-1-3-11(12)14(17(23)24)15-16(22)21-18(25-15)20-13-8-9-5-6-10(13)7-9/h1-6,9-10,13-15H,7-8H2,(H,23,24)(H,20,21,22). The lowest BCUT2D eigenvalue weighted by molar-refractivity contribution is -0.140. The van der Waals surface area contributed by atoms with Gasteiger partial charge in [0.05, 0.1) is 0 Å². The van der Waals surface area contributed by atoms with Crippen LogP contribution in [-0.4, -0.2) is 33.4 Å². The molecule has 1 fully saturated rings. The molecule has 2 bridgehead atoms. The number of thioether (sulfide) groups is 1. The number of halogens is 1. The van der Waals surface area contributed by atoms with Crippen molar-refractivity contribution in [1.29, 1.82) is 0 Å². The number of hydrogen-bond acceptors (Lipinski definition) is 4. The van der Waals surface area contributed by atoms with E-state index in [4.69, 9.17) is 11.6 Å². The van der Waals surface area contributed by atoms with Crippen molar-refractivity contribution in [2.75, 3.05) is 0 Å². The molecule has 1 heterocycles. The highest BCUT2D eigenvalue weighted by molar-refractivity contribution is 8.15. The highest BCUT2D eigenvalue weighted by atomic mass is 35.5. The number of fused-ring (bicyclic) bond motifs is 2. The van der Waals surface area contributed by atoms with Gasteiger partial charge in [0.15, 0.2) is 5.17 Å². The first-order chi connectivity index (χ1) is 12.0. The molecule has 5 nitrogen and oxygen atoms in total. The monoisotopic (exact) mass is 376 g/mol. The smallest absolute Gasteiger partial charge is 0.312 e. The summed E-state index contributed by atoms with van der Waals surface area (Å²) in [7, 11) is 0. The number of aliphatic imine (C=N–C) groups is 1. The summed E-state index contributed by atoms with van der Waals surface area (Å²) in [5.74, 6) is -1.43. The van der Waals surface area contributed by atoms with Gasteiger partial charge in [0, 0.05) is 11.1 Å². The number of aliphatic carboxylic acids is 1. The van der Waals surface area contributed by atoms with Gasteiger partial charge in [0.2, 0.25) is 0 Å². The first-order valence-electron chi connectivity index (χ1n) is 8.24. The van der Waals surface area contributed by atoms with Crippen LogP contribution in [0, 0.1) is 11.8 Å². The van der Waals surface area contributed by atoms with Crippen LogP contribution in [0.15, 0.2) is 41.4 Å². The Morgan fingerprint density at radius 2 is 2.12 bits per heavy atom. The minimum atomic E-state index is -1.07. The maximum absolute atomic E-state index is 12.4. The number of rotatable bonds is 4. The summed E-state index contributed by atoms with van der Waals surface area (Å²) in [4.78, 5) is 28.3. The first kappa shape index (κ1) is 16.7. The first-order valence-corrected chi connectivity index (χ1v) is 9.50. The summed E-state index contributed by atoms with van der Waals surface area (Å²) < 4.78 is 0. The largest absolute Gasteiger partial charge is 0.481 e. The molecular formula is C18H17ClN2O3S. The second-order valence-electron chi connectivity index (χ2n) is 6.66. The van der Waals surface area contributed by atoms with Gasteiger partial charge in [-0.05, 0) is 36.3 Å². The lowest BCUT2D eigenvalue weighted by atomic mass is 9.95. The van der Waals surface area contributed by atoms with Crippen molar-refractivity contribution in [3.63, 3.8) is 0 Å². The van der Waals surface area contributed by atoms with Gasteiger partial charge in [0.1, 0.15) is 11.2 Å². The number of amidine groups is 1. The molecule has 1 saturated carbocycles. The number of carbonyl (C=O) groups excluding carboxylic acids is 1. The Morgan fingerprint density at radius 1 is 1.32 bits per heavy atom. The Hall–Kier alpha value is -1.79. The molecule has 1 aliphatic heterocycles. The maximum atomic E-state index is 12.4. The number of nitrogens with zero attached hydrogens (tertiary/aromatic N) is 1. The highest BCUT2D eigenvalue weighted by Crippen LogP contribution is 2.41. The number of benzene rings is 1. The number of carbonyl (C=O) groups is 2. The Bertz CT molecular complexity index is 794. The van der Waals surface area contributed by atoms with Gasteiger partial charge in [-0.1, -0.05) is 53.7 Å². The van der Waals surface area contributed by atoms with Gasteiger partial charge in [-0.15, -0.1) is 0 Å². The predicted octanol–water partition coefficient (Wildman–Crippen LogP) is 3.06. The van der Waals surface area contributed by atoms with Gasteiger partial charge < -0.3 is 10.4 Å². The van der Waals surface area contributed by atoms with Crippen molar-refractivity contribution < 1.29 is 14.7 Å². The third-order valence-corrected chi connectivity index (χ3v) is 6.59. The van der Waals surface area contributed by atoms with Crippen LogP contribution >= 0.6 is 23.4 Å². The molecule has 1 amide bonds. The van der Waals surface area contributed by atoms with Crippen LogP contribution in [0.1, 0.15) is 24.3 Å². The molecule has 1 aromatic rings. The van der Waals surface area contributed by atoms with E-state index in [2.05, 4.69) is 22.5 Å². The van der Waals surface area contributed by atoms with Gasteiger partial charge in [-0.3, -0.25) is 9.59 Å². The quantitative estimate of drug-likeness (QED) is 0.789. The number of allylic oxidation sites excluding steroid dienone is 1. The second kappa shape index (κ2) is 6.50. The molecule has 2 aliphatic carbocycles. The zero-order valence-corrected chi connectivity index (χ0v) is 14.8. The maximum Gasteiger partial charge on any atom is 0.312 e. The average Bonchev–Trinajstić information content (AvgIpc) is 3.26. The van der Waals surface area contributed by atoms with Gasteiger partial charge in [0.25, 0.3) is 5.91 Å². The summed E-state index contributed by atoms with van der Waals surface area (Å²) in [6.45, 7) is 0. The lowest BCUT2D eigenvalue weighted by Gasteiger charge is -2.22. The van der Waals surface area contributed by atoms with E-state index in [0.717, 1.165) is 12.8 Å². The number of nitrogens with one attached hydrogen (secondary N) is 1. The Kier molecular flexibility index (Phi) is 4.33. The van der Waals surface area contributed by atoms with Gasteiger partial charge in [-0.2, -0.15) is 4.99 Å². The molecule has 3 aliphatic rings. The molecule has 4 rings (SSSR count). The minimum absolute atomic E-state index is 0.274. The normalized spacial score (nSPS) is 31.2. The lowest BCUT2D eigenvalue weighted by Crippen LogP contribution is -2.36. The zero-order valence-electron chi connectivity index (χ0n) is 13.3. The van der Waals surface area contributed by atoms with E-state index in [-0.39, 0.29) is 6.04 Å². The molecule has 5 unspecified atom stereocenters. The molecule has 7 heteroatoms. The van der Waals surface area contributed by atoms with Crippen LogP contribution < -0.4 is 5.32 Å². The Labute approximate surface area is 154 Å². The van der Waals surface area contributed by atoms with Crippen molar-refractivity contribution in [3.8, 4) is 0 Å². The fraction of sp³-hybridized carbons (Fsp3) is 0.389. The minimum Gasteiger partial charge on any atom is -0.481 e. The summed E-state index contributed by atoms with van der Waals surface area (Å²) in [5, 5.41) is 13.1. The molecule has 2 N–H and O–H groups in total. The summed E-state index contributed by atoms with van der Waals surface area (Å²) in [6.07, 6.45) is 6.64. The van der Waals surface area contributed by atoms with E-state index in [9.17, 15) is 14.7 Å². The van der Waals surface area contributed by atoms with Crippen molar-refractivity contribution in [3.05, 3.63) is 47.0 Å². The van der Waals surface area contributed by atoms with Crippen LogP contribution in [-0.2, 0) is 9.59 Å². The number of hydrogen-bond donors (Lipinski definition) is 2.